The molecule has 0 bridgehead atoms. The minimum absolute atomic E-state index is 0.0216. The second kappa shape index (κ2) is 3.24. The van der Waals surface area contributed by atoms with Crippen LogP contribution in [0.3, 0.4) is 0 Å². The molecule has 18 heavy (non-hydrogen) atoms. The Kier molecular flexibility index (Phi) is 2.07. The third-order valence-electron chi connectivity index (χ3n) is 4.76. The van der Waals surface area contributed by atoms with E-state index in [1.54, 1.807) is 12.7 Å². The van der Waals surface area contributed by atoms with E-state index >= 15 is 0 Å². The highest BCUT2D eigenvalue weighted by Crippen LogP contribution is 2.73. The Labute approximate surface area is 106 Å². The molecule has 1 aliphatic carbocycles. The highest BCUT2D eigenvalue weighted by molar-refractivity contribution is 5.66. The van der Waals surface area contributed by atoms with Gasteiger partial charge in [0, 0.05) is 30.5 Å². The fraction of sp³-hybridized carbons (Fsp3) is 0.750. The average molecular weight is 250 g/mol. The number of hydrogen-bond acceptors (Lipinski definition) is 3. The summed E-state index contributed by atoms with van der Waals surface area (Å²) in [7, 11) is 0. The minimum Gasteiger partial charge on any atom is -0.465 e. The van der Waals surface area contributed by atoms with Gasteiger partial charge in [-0.3, -0.25) is 0 Å². The Balaban J connectivity index is 1.93. The van der Waals surface area contributed by atoms with E-state index in [4.69, 9.17) is 5.11 Å². The van der Waals surface area contributed by atoms with Gasteiger partial charge in [0.25, 0.3) is 0 Å². The van der Waals surface area contributed by atoms with Gasteiger partial charge in [-0.15, -0.1) is 10.2 Å². The molecule has 0 spiro atoms. The zero-order valence-corrected chi connectivity index (χ0v) is 10.9. The van der Waals surface area contributed by atoms with Crippen molar-refractivity contribution in [1.82, 2.24) is 19.7 Å². The highest BCUT2D eigenvalue weighted by atomic mass is 16.4. The number of carboxylic acid groups (broad SMARTS) is 1. The molecule has 3 atom stereocenters. The molecule has 0 aromatic carbocycles. The molecule has 2 aliphatic rings. The van der Waals surface area contributed by atoms with Gasteiger partial charge < -0.3 is 14.6 Å². The Bertz CT molecular complexity index is 479. The van der Waals surface area contributed by atoms with E-state index in [0.717, 1.165) is 0 Å². The van der Waals surface area contributed by atoms with E-state index in [0.29, 0.717) is 25.0 Å². The van der Waals surface area contributed by atoms with Gasteiger partial charge >= 0.3 is 6.09 Å². The van der Waals surface area contributed by atoms with Gasteiger partial charge in [0.15, 0.2) is 0 Å². The zero-order valence-electron chi connectivity index (χ0n) is 10.9. The van der Waals surface area contributed by atoms with Gasteiger partial charge in [-0.2, -0.15) is 0 Å². The van der Waals surface area contributed by atoms with Crippen molar-refractivity contribution in [3.05, 3.63) is 12.7 Å². The fourth-order valence-electron chi connectivity index (χ4n) is 3.80. The summed E-state index contributed by atoms with van der Waals surface area (Å²) in [5, 5.41) is 16.9. The first-order chi connectivity index (χ1) is 8.38. The summed E-state index contributed by atoms with van der Waals surface area (Å²) < 4.78 is 2.04. The molecule has 1 aromatic rings. The number of likely N-dealkylation sites (tertiary alicyclic amines) is 1. The number of carbonyl (C=O) groups is 1. The van der Waals surface area contributed by atoms with Crippen LogP contribution in [0.15, 0.2) is 12.7 Å². The van der Waals surface area contributed by atoms with Crippen molar-refractivity contribution in [1.29, 1.82) is 0 Å². The van der Waals surface area contributed by atoms with Crippen LogP contribution in [0, 0.1) is 16.7 Å². The summed E-state index contributed by atoms with van der Waals surface area (Å²) in [5.41, 5.74) is 0.0879. The molecule has 1 saturated carbocycles. The van der Waals surface area contributed by atoms with E-state index in [9.17, 15) is 4.79 Å². The van der Waals surface area contributed by atoms with Gasteiger partial charge in [0.2, 0.25) is 0 Å². The van der Waals surface area contributed by atoms with Gasteiger partial charge in [-0.05, 0) is 5.41 Å². The maximum Gasteiger partial charge on any atom is 0.407 e. The first-order valence-electron chi connectivity index (χ1n) is 6.20. The molecule has 1 unspecified atom stereocenters. The molecule has 2 heterocycles. The van der Waals surface area contributed by atoms with E-state index < -0.39 is 6.09 Å². The van der Waals surface area contributed by atoms with Crippen LogP contribution in [0.4, 0.5) is 4.79 Å². The van der Waals surface area contributed by atoms with Crippen LogP contribution in [0.25, 0.3) is 0 Å². The lowest BCUT2D eigenvalue weighted by Gasteiger charge is -2.32. The van der Waals surface area contributed by atoms with Crippen molar-refractivity contribution in [3.63, 3.8) is 0 Å². The van der Waals surface area contributed by atoms with Crippen molar-refractivity contribution >= 4 is 6.09 Å². The summed E-state index contributed by atoms with van der Waals surface area (Å²) >= 11 is 0. The highest BCUT2D eigenvalue weighted by Gasteiger charge is 2.75. The smallest absolute Gasteiger partial charge is 0.407 e. The normalized spacial score (nSPS) is 34.5. The number of fused-ring (bicyclic) bond motifs is 1. The Hall–Kier alpha value is -1.59. The molecule has 1 N–H and O–H groups in total. The van der Waals surface area contributed by atoms with Crippen molar-refractivity contribution in [2.45, 2.75) is 26.8 Å². The second-order valence-corrected chi connectivity index (χ2v) is 6.41. The predicted octanol–water partition coefficient (Wildman–Crippen LogP) is 1.48. The number of hydrogen-bond donors (Lipinski definition) is 1. The van der Waals surface area contributed by atoms with Gasteiger partial charge in [-0.1, -0.05) is 20.8 Å². The summed E-state index contributed by atoms with van der Waals surface area (Å²) in [4.78, 5) is 12.7. The van der Waals surface area contributed by atoms with Crippen LogP contribution >= 0.6 is 0 Å². The summed E-state index contributed by atoms with van der Waals surface area (Å²) in [5.74, 6) is 0.379. The molecule has 6 nitrogen and oxygen atoms in total. The summed E-state index contributed by atoms with van der Waals surface area (Å²) in [6.45, 7) is 7.80. The lowest BCUT2D eigenvalue weighted by molar-refractivity contribution is 0.123. The Morgan fingerprint density at radius 2 is 2.00 bits per heavy atom. The monoisotopic (exact) mass is 250 g/mol. The molecule has 1 aliphatic heterocycles. The van der Waals surface area contributed by atoms with Crippen LogP contribution in [0.5, 0.6) is 0 Å². The standard InChI is InChI=1S/C12H18N4O2/c1-11(2,3)12-5-15(10(17)18)4-8(12)9(12)16-6-13-14-7-16/h6-9H,4-5H2,1-3H3,(H,17,18)/t8-,9?,12-/m0/s1. The minimum atomic E-state index is -0.812. The van der Waals surface area contributed by atoms with E-state index in [1.807, 2.05) is 4.57 Å². The van der Waals surface area contributed by atoms with E-state index in [1.165, 1.54) is 4.90 Å². The Morgan fingerprint density at radius 1 is 1.39 bits per heavy atom. The maximum atomic E-state index is 11.1. The lowest BCUT2D eigenvalue weighted by atomic mass is 9.76. The molecule has 0 radical (unpaired) electrons. The van der Waals surface area contributed by atoms with Gasteiger partial charge in [0.1, 0.15) is 12.7 Å². The largest absolute Gasteiger partial charge is 0.465 e. The third-order valence-corrected chi connectivity index (χ3v) is 4.76. The van der Waals surface area contributed by atoms with Crippen LogP contribution in [-0.4, -0.2) is 44.0 Å². The molecule has 3 rings (SSSR count). The number of nitrogens with zero attached hydrogens (tertiary/aromatic N) is 4. The van der Waals surface area contributed by atoms with Gasteiger partial charge in [0.05, 0.1) is 0 Å². The predicted molar refractivity (Wildman–Crippen MR) is 64.0 cm³/mol. The second-order valence-electron chi connectivity index (χ2n) is 6.41. The zero-order chi connectivity index (χ0) is 13.1. The first kappa shape index (κ1) is 11.5. The van der Waals surface area contributed by atoms with Crippen molar-refractivity contribution in [2.75, 3.05) is 13.1 Å². The average Bonchev–Trinajstić information content (AvgIpc) is 2.74. The number of rotatable bonds is 1. The molecule has 6 heteroatoms. The van der Waals surface area contributed by atoms with Crippen molar-refractivity contribution in [2.24, 2.45) is 16.7 Å². The first-order valence-corrected chi connectivity index (χ1v) is 6.20. The number of piperidine rings is 1. The van der Waals surface area contributed by atoms with E-state index in [-0.39, 0.29) is 10.8 Å². The lowest BCUT2D eigenvalue weighted by Crippen LogP contribution is -2.37. The molecule has 98 valence electrons. The SMILES string of the molecule is CC(C)(C)[C@@]12CN(C(=O)O)C[C@H]1C2n1cnnc1. The van der Waals surface area contributed by atoms with Crippen LogP contribution < -0.4 is 0 Å². The molecule has 2 fully saturated rings. The molecule has 1 amide bonds. The number of amides is 1. The van der Waals surface area contributed by atoms with Gasteiger partial charge in [-0.25, -0.2) is 4.79 Å². The summed E-state index contributed by atoms with van der Waals surface area (Å²) in [6, 6.07) is 0.336. The molecule has 1 saturated heterocycles. The maximum absolute atomic E-state index is 11.1. The topological polar surface area (TPSA) is 71.2 Å². The van der Waals surface area contributed by atoms with Crippen LogP contribution in [0.1, 0.15) is 26.8 Å². The van der Waals surface area contributed by atoms with Crippen LogP contribution in [-0.2, 0) is 0 Å². The third kappa shape index (κ3) is 1.26. The van der Waals surface area contributed by atoms with E-state index in [2.05, 4.69) is 31.0 Å². The number of aromatic nitrogens is 3. The fourth-order valence-corrected chi connectivity index (χ4v) is 3.80. The quantitative estimate of drug-likeness (QED) is 0.819. The van der Waals surface area contributed by atoms with Crippen molar-refractivity contribution < 1.29 is 9.90 Å². The molecular formula is C12H18N4O2. The van der Waals surface area contributed by atoms with Crippen molar-refractivity contribution in [3.8, 4) is 0 Å². The van der Waals surface area contributed by atoms with Crippen LogP contribution in [0.2, 0.25) is 0 Å². The summed E-state index contributed by atoms with van der Waals surface area (Å²) in [6.07, 6.45) is 2.66. The molecule has 1 aromatic heterocycles. The molecular weight excluding hydrogens is 232 g/mol. The Morgan fingerprint density at radius 3 is 2.44 bits per heavy atom.